The van der Waals surface area contributed by atoms with Crippen molar-refractivity contribution in [3.63, 3.8) is 0 Å². The van der Waals surface area contributed by atoms with Crippen molar-refractivity contribution in [1.82, 2.24) is 5.32 Å². The fraction of sp³-hybridized carbons (Fsp3) is 0.647. The van der Waals surface area contributed by atoms with Gasteiger partial charge in [-0.3, -0.25) is 0 Å². The lowest BCUT2D eigenvalue weighted by molar-refractivity contribution is 0.318. The lowest BCUT2D eigenvalue weighted by Crippen LogP contribution is -2.39. The largest absolute Gasteiger partial charge is 0.497 e. The standard InChI is InChI=1S/C17H27NO.ClH/c1-13(2)11-16(17-9-4-5-10-18-17)14-7-6-8-15(12-14)19-3;/h6-8,12-13,16-18H,4-5,9-11H2,1-3H3;1H. The smallest absolute Gasteiger partial charge is 0.119 e. The van der Waals surface area contributed by atoms with Gasteiger partial charge in [0.25, 0.3) is 0 Å². The Balaban J connectivity index is 0.00000200. The Morgan fingerprint density at radius 2 is 2.10 bits per heavy atom. The Morgan fingerprint density at radius 1 is 1.30 bits per heavy atom. The Hall–Kier alpha value is -0.730. The summed E-state index contributed by atoms with van der Waals surface area (Å²) >= 11 is 0. The maximum Gasteiger partial charge on any atom is 0.119 e. The van der Waals surface area contributed by atoms with Gasteiger partial charge in [-0.2, -0.15) is 0 Å². The van der Waals surface area contributed by atoms with E-state index in [-0.39, 0.29) is 12.4 Å². The first-order valence-electron chi connectivity index (χ1n) is 7.58. The first-order valence-corrected chi connectivity index (χ1v) is 7.58. The van der Waals surface area contributed by atoms with Crippen LogP contribution in [-0.2, 0) is 0 Å². The molecule has 1 N–H and O–H groups in total. The van der Waals surface area contributed by atoms with E-state index in [1.54, 1.807) is 7.11 Å². The van der Waals surface area contributed by atoms with E-state index in [1.807, 2.05) is 6.07 Å². The number of rotatable bonds is 5. The van der Waals surface area contributed by atoms with Gasteiger partial charge in [-0.15, -0.1) is 12.4 Å². The van der Waals surface area contributed by atoms with Crippen molar-refractivity contribution < 1.29 is 4.74 Å². The Kier molecular flexibility index (Phi) is 7.39. The second-order valence-electron chi connectivity index (χ2n) is 6.07. The summed E-state index contributed by atoms with van der Waals surface area (Å²) < 4.78 is 5.38. The van der Waals surface area contributed by atoms with Crippen molar-refractivity contribution in [1.29, 1.82) is 0 Å². The maximum atomic E-state index is 5.38. The van der Waals surface area contributed by atoms with Crippen molar-refractivity contribution >= 4 is 12.4 Å². The number of hydrogen-bond donors (Lipinski definition) is 1. The van der Waals surface area contributed by atoms with Crippen LogP contribution in [0, 0.1) is 5.92 Å². The predicted octanol–water partition coefficient (Wildman–Crippen LogP) is 4.39. The molecular formula is C17H28ClNO. The van der Waals surface area contributed by atoms with Crippen molar-refractivity contribution in [3.8, 4) is 5.75 Å². The molecule has 0 bridgehead atoms. The van der Waals surface area contributed by atoms with Gasteiger partial charge in [0.05, 0.1) is 7.11 Å². The Morgan fingerprint density at radius 3 is 2.70 bits per heavy atom. The summed E-state index contributed by atoms with van der Waals surface area (Å²) in [6, 6.07) is 9.24. The zero-order chi connectivity index (χ0) is 13.7. The van der Waals surface area contributed by atoms with Crippen LogP contribution >= 0.6 is 12.4 Å². The van der Waals surface area contributed by atoms with Crippen LogP contribution < -0.4 is 10.1 Å². The summed E-state index contributed by atoms with van der Waals surface area (Å²) in [6.45, 7) is 5.80. The molecule has 1 aromatic rings. The van der Waals surface area contributed by atoms with Gasteiger partial charge in [0.2, 0.25) is 0 Å². The van der Waals surface area contributed by atoms with E-state index in [0.717, 1.165) is 11.7 Å². The molecule has 1 saturated heterocycles. The molecule has 2 nitrogen and oxygen atoms in total. The highest BCUT2D eigenvalue weighted by Gasteiger charge is 2.25. The second-order valence-corrected chi connectivity index (χ2v) is 6.07. The molecule has 20 heavy (non-hydrogen) atoms. The minimum absolute atomic E-state index is 0. The average molecular weight is 298 g/mol. The summed E-state index contributed by atoms with van der Waals surface area (Å²) in [5.74, 6) is 2.30. The number of nitrogens with one attached hydrogen (secondary N) is 1. The number of methoxy groups -OCH3 is 1. The quantitative estimate of drug-likeness (QED) is 0.870. The zero-order valence-corrected chi connectivity index (χ0v) is 13.7. The lowest BCUT2D eigenvalue weighted by Gasteiger charge is -2.33. The molecule has 0 amide bonds. The molecular weight excluding hydrogens is 270 g/mol. The van der Waals surface area contributed by atoms with Gasteiger partial charge in [-0.05, 0) is 55.3 Å². The molecule has 114 valence electrons. The van der Waals surface area contributed by atoms with Crippen molar-refractivity contribution in [3.05, 3.63) is 29.8 Å². The zero-order valence-electron chi connectivity index (χ0n) is 12.9. The van der Waals surface area contributed by atoms with Crippen LogP contribution in [0.5, 0.6) is 5.75 Å². The summed E-state index contributed by atoms with van der Waals surface area (Å²) in [7, 11) is 1.75. The minimum Gasteiger partial charge on any atom is -0.497 e. The molecule has 1 aliphatic rings. The van der Waals surface area contributed by atoms with Crippen LogP contribution in [0.25, 0.3) is 0 Å². The molecule has 2 atom stereocenters. The highest BCUT2D eigenvalue weighted by atomic mass is 35.5. The molecule has 0 aliphatic carbocycles. The third-order valence-corrected chi connectivity index (χ3v) is 4.08. The monoisotopic (exact) mass is 297 g/mol. The summed E-state index contributed by atoms with van der Waals surface area (Å²) in [6.07, 6.45) is 5.22. The SMILES string of the molecule is COc1cccc(C(CC(C)C)C2CCCCN2)c1.Cl. The molecule has 1 fully saturated rings. The number of piperidine rings is 1. The molecule has 0 radical (unpaired) electrons. The average Bonchev–Trinajstić information content (AvgIpc) is 2.45. The summed E-state index contributed by atoms with van der Waals surface area (Å²) in [4.78, 5) is 0. The fourth-order valence-electron chi connectivity index (χ4n) is 3.13. The highest BCUT2D eigenvalue weighted by Crippen LogP contribution is 2.32. The fourth-order valence-corrected chi connectivity index (χ4v) is 3.13. The van der Waals surface area contributed by atoms with Crippen molar-refractivity contribution in [2.75, 3.05) is 13.7 Å². The highest BCUT2D eigenvalue weighted by molar-refractivity contribution is 5.85. The number of halogens is 1. The number of hydrogen-bond acceptors (Lipinski definition) is 2. The minimum atomic E-state index is 0. The van der Waals surface area contributed by atoms with Crippen LogP contribution in [0.15, 0.2) is 24.3 Å². The van der Waals surface area contributed by atoms with Crippen LogP contribution in [-0.4, -0.2) is 19.7 Å². The van der Waals surface area contributed by atoms with Crippen LogP contribution in [0.1, 0.15) is 51.0 Å². The van der Waals surface area contributed by atoms with E-state index in [4.69, 9.17) is 4.74 Å². The van der Waals surface area contributed by atoms with E-state index in [1.165, 1.54) is 37.8 Å². The molecule has 1 aliphatic heterocycles. The lowest BCUT2D eigenvalue weighted by atomic mass is 9.81. The van der Waals surface area contributed by atoms with Gasteiger partial charge in [0, 0.05) is 6.04 Å². The van der Waals surface area contributed by atoms with E-state index < -0.39 is 0 Å². The first-order chi connectivity index (χ1) is 9.20. The van der Waals surface area contributed by atoms with E-state index in [0.29, 0.717) is 12.0 Å². The Labute approximate surface area is 129 Å². The van der Waals surface area contributed by atoms with Gasteiger partial charge in [-0.25, -0.2) is 0 Å². The maximum absolute atomic E-state index is 5.38. The van der Waals surface area contributed by atoms with Gasteiger partial charge < -0.3 is 10.1 Å². The summed E-state index contributed by atoms with van der Waals surface area (Å²) in [5, 5.41) is 3.72. The van der Waals surface area contributed by atoms with Gasteiger partial charge in [0.15, 0.2) is 0 Å². The number of ether oxygens (including phenoxy) is 1. The molecule has 1 heterocycles. The third-order valence-electron chi connectivity index (χ3n) is 4.08. The topological polar surface area (TPSA) is 21.3 Å². The van der Waals surface area contributed by atoms with Crippen molar-refractivity contribution in [2.45, 2.75) is 51.5 Å². The molecule has 3 heteroatoms. The van der Waals surface area contributed by atoms with Crippen molar-refractivity contribution in [2.24, 2.45) is 5.92 Å². The second kappa shape index (κ2) is 8.53. The molecule has 2 unspecified atom stereocenters. The molecule has 0 saturated carbocycles. The third kappa shape index (κ3) is 4.68. The van der Waals surface area contributed by atoms with E-state index in [2.05, 4.69) is 37.4 Å². The van der Waals surface area contributed by atoms with Crippen LogP contribution in [0.2, 0.25) is 0 Å². The molecule has 2 rings (SSSR count). The first kappa shape index (κ1) is 17.3. The number of benzene rings is 1. The molecule has 0 spiro atoms. The molecule has 0 aromatic heterocycles. The Bertz CT molecular complexity index is 388. The predicted molar refractivity (Wildman–Crippen MR) is 88.1 cm³/mol. The van der Waals surface area contributed by atoms with Gasteiger partial charge >= 0.3 is 0 Å². The summed E-state index contributed by atoms with van der Waals surface area (Å²) in [5.41, 5.74) is 1.42. The van der Waals surface area contributed by atoms with Gasteiger partial charge in [0.1, 0.15) is 5.75 Å². The van der Waals surface area contributed by atoms with Crippen LogP contribution in [0.3, 0.4) is 0 Å². The van der Waals surface area contributed by atoms with Crippen LogP contribution in [0.4, 0.5) is 0 Å². The van der Waals surface area contributed by atoms with Gasteiger partial charge in [-0.1, -0.05) is 32.4 Å². The van der Waals surface area contributed by atoms with E-state index in [9.17, 15) is 0 Å². The normalized spacial score (nSPS) is 20.3. The van der Waals surface area contributed by atoms with E-state index >= 15 is 0 Å². The molecule has 1 aromatic carbocycles.